The van der Waals surface area contributed by atoms with Gasteiger partial charge in [-0.05, 0) is 79.5 Å². The van der Waals surface area contributed by atoms with Gasteiger partial charge in [-0.3, -0.25) is 4.79 Å². The fraction of sp³-hybridized carbons (Fsp3) is 0.462. The second-order valence-corrected chi connectivity index (χ2v) is 10.3. The van der Waals surface area contributed by atoms with Crippen LogP contribution in [0.3, 0.4) is 0 Å². The van der Waals surface area contributed by atoms with E-state index in [2.05, 4.69) is 35.4 Å². The molecule has 1 aromatic heterocycles. The van der Waals surface area contributed by atoms with Crippen molar-refractivity contribution < 1.29 is 22.7 Å². The Balaban J connectivity index is 1.72. The van der Waals surface area contributed by atoms with Gasteiger partial charge in [0, 0.05) is 18.2 Å². The number of fused-ring (bicyclic) bond motifs is 1. The summed E-state index contributed by atoms with van der Waals surface area (Å²) < 4.78 is 43.7. The molecule has 1 N–H and O–H groups in total. The molecule has 0 radical (unpaired) electrons. The number of rotatable bonds is 6. The van der Waals surface area contributed by atoms with Crippen LogP contribution < -0.4 is 10.1 Å². The lowest BCUT2D eigenvalue weighted by atomic mass is 9.70. The first-order valence-electron chi connectivity index (χ1n) is 11.5. The van der Waals surface area contributed by atoms with Crippen molar-refractivity contribution in [3.63, 3.8) is 0 Å². The minimum absolute atomic E-state index is 0.0844. The van der Waals surface area contributed by atoms with Crippen LogP contribution in [0.25, 0.3) is 11.0 Å². The number of aromatic nitrogens is 2. The molecule has 8 heteroatoms. The van der Waals surface area contributed by atoms with Crippen LogP contribution in [-0.4, -0.2) is 21.7 Å². The molecule has 3 aromatic rings. The molecular weight excluding hydrogens is 443 g/mol. The minimum atomic E-state index is -4.73. The normalized spacial score (nSPS) is 20.3. The fourth-order valence-corrected chi connectivity index (χ4v) is 5.36. The number of nitrogens with one attached hydrogen (secondary N) is 1. The number of ketones is 1. The molecule has 182 valence electrons. The van der Waals surface area contributed by atoms with E-state index in [0.717, 1.165) is 35.9 Å². The summed E-state index contributed by atoms with van der Waals surface area (Å²) in [5.74, 6) is 0.994. The predicted molar refractivity (Wildman–Crippen MR) is 126 cm³/mol. The minimum Gasteiger partial charge on any atom is -0.406 e. The van der Waals surface area contributed by atoms with Gasteiger partial charge in [-0.1, -0.05) is 26.8 Å². The summed E-state index contributed by atoms with van der Waals surface area (Å²) in [7, 11) is 0. The van der Waals surface area contributed by atoms with Crippen LogP contribution in [0.5, 0.6) is 5.75 Å². The molecule has 2 aromatic carbocycles. The van der Waals surface area contributed by atoms with Gasteiger partial charge in [0.1, 0.15) is 11.5 Å². The zero-order valence-electron chi connectivity index (χ0n) is 19.9. The van der Waals surface area contributed by atoms with Gasteiger partial charge in [0.05, 0.1) is 11.0 Å². The van der Waals surface area contributed by atoms with Crippen molar-refractivity contribution in [1.29, 1.82) is 0 Å². The zero-order chi connectivity index (χ0) is 24.7. The highest BCUT2D eigenvalue weighted by Gasteiger charge is 2.35. The molecular formula is C26H30F3N3O2. The van der Waals surface area contributed by atoms with Crippen molar-refractivity contribution in [2.24, 2.45) is 11.3 Å². The number of Topliss-reactive ketones (excluding diaryl/α,β-unsaturated/α-hetero) is 1. The average molecular weight is 474 g/mol. The van der Waals surface area contributed by atoms with Crippen LogP contribution in [0.1, 0.15) is 58.6 Å². The highest BCUT2D eigenvalue weighted by atomic mass is 19.4. The standard InChI is InChI=1S/C26H30F3N3O2/c1-16-11-20(15-25(3,4)14-16)32-23-10-5-18(12-17(2)33)13-22(23)31-24(32)30-19-6-8-21(9-7-19)34-26(27,28)29/h5-10,13,16,20H,11-12,14-15H2,1-4H3,(H,30,31). The van der Waals surface area contributed by atoms with Crippen molar-refractivity contribution in [2.75, 3.05) is 5.32 Å². The summed E-state index contributed by atoms with van der Waals surface area (Å²) in [4.78, 5) is 16.4. The van der Waals surface area contributed by atoms with Gasteiger partial charge in [-0.2, -0.15) is 0 Å². The lowest BCUT2D eigenvalue weighted by molar-refractivity contribution is -0.274. The molecule has 1 aliphatic rings. The molecule has 1 fully saturated rings. The van der Waals surface area contributed by atoms with E-state index >= 15 is 0 Å². The van der Waals surface area contributed by atoms with E-state index < -0.39 is 6.36 Å². The summed E-state index contributed by atoms with van der Waals surface area (Å²) in [5, 5.41) is 3.30. The molecule has 0 amide bonds. The van der Waals surface area contributed by atoms with Crippen LogP contribution in [0.15, 0.2) is 42.5 Å². The second kappa shape index (κ2) is 8.96. The van der Waals surface area contributed by atoms with Crippen molar-refractivity contribution >= 4 is 28.5 Å². The average Bonchev–Trinajstić information content (AvgIpc) is 3.03. The largest absolute Gasteiger partial charge is 0.573 e. The molecule has 1 heterocycles. The smallest absolute Gasteiger partial charge is 0.406 e. The molecule has 4 rings (SSSR count). The Morgan fingerprint density at radius 3 is 2.50 bits per heavy atom. The van der Waals surface area contributed by atoms with Crippen LogP contribution >= 0.6 is 0 Å². The van der Waals surface area contributed by atoms with Crippen molar-refractivity contribution in [2.45, 2.75) is 65.8 Å². The third kappa shape index (κ3) is 5.72. The Kier molecular flexibility index (Phi) is 6.36. The van der Waals surface area contributed by atoms with Crippen LogP contribution in [0.4, 0.5) is 24.8 Å². The summed E-state index contributed by atoms with van der Waals surface area (Å²) in [5.41, 5.74) is 3.46. The zero-order valence-corrected chi connectivity index (χ0v) is 19.9. The van der Waals surface area contributed by atoms with E-state index in [1.807, 2.05) is 18.2 Å². The quantitative estimate of drug-likeness (QED) is 0.411. The van der Waals surface area contributed by atoms with Gasteiger partial charge in [0.2, 0.25) is 5.95 Å². The Labute approximate surface area is 197 Å². The molecule has 34 heavy (non-hydrogen) atoms. The van der Waals surface area contributed by atoms with Gasteiger partial charge in [-0.25, -0.2) is 4.98 Å². The first-order chi connectivity index (χ1) is 15.9. The third-order valence-electron chi connectivity index (χ3n) is 6.28. The maximum atomic E-state index is 12.5. The summed E-state index contributed by atoms with van der Waals surface area (Å²) in [6.45, 7) is 8.40. The van der Waals surface area contributed by atoms with Gasteiger partial charge < -0.3 is 14.6 Å². The Morgan fingerprint density at radius 2 is 1.88 bits per heavy atom. The van der Waals surface area contributed by atoms with E-state index in [9.17, 15) is 18.0 Å². The second-order valence-electron chi connectivity index (χ2n) is 10.3. The third-order valence-corrected chi connectivity index (χ3v) is 6.28. The Bertz CT molecular complexity index is 1180. The number of benzene rings is 2. The lowest BCUT2D eigenvalue weighted by Gasteiger charge is -2.40. The van der Waals surface area contributed by atoms with Crippen LogP contribution in [0, 0.1) is 11.3 Å². The number of hydrogen-bond donors (Lipinski definition) is 1. The first-order valence-corrected chi connectivity index (χ1v) is 11.5. The number of anilines is 2. The van der Waals surface area contributed by atoms with Gasteiger partial charge in [0.25, 0.3) is 0 Å². The molecule has 0 aliphatic heterocycles. The number of ether oxygens (including phenoxy) is 1. The SMILES string of the molecule is CC(=O)Cc1ccc2c(c1)nc(Nc1ccc(OC(F)(F)F)cc1)n2C1CC(C)CC(C)(C)C1. The number of nitrogens with zero attached hydrogens (tertiary/aromatic N) is 2. The van der Waals surface area contributed by atoms with E-state index in [-0.39, 0.29) is 23.0 Å². The highest BCUT2D eigenvalue weighted by molar-refractivity contribution is 5.83. The maximum Gasteiger partial charge on any atom is 0.573 e. The summed E-state index contributed by atoms with van der Waals surface area (Å²) in [6, 6.07) is 11.8. The van der Waals surface area contributed by atoms with Crippen LogP contribution in [-0.2, 0) is 11.2 Å². The number of hydrogen-bond acceptors (Lipinski definition) is 4. The summed E-state index contributed by atoms with van der Waals surface area (Å²) >= 11 is 0. The van der Waals surface area contributed by atoms with E-state index in [1.54, 1.807) is 19.1 Å². The van der Waals surface area contributed by atoms with E-state index in [4.69, 9.17) is 4.98 Å². The number of carbonyl (C=O) groups excluding carboxylic acids is 1. The maximum absolute atomic E-state index is 12.5. The Hall–Kier alpha value is -3.03. The number of alkyl halides is 3. The van der Waals surface area contributed by atoms with Crippen molar-refractivity contribution in [3.05, 3.63) is 48.0 Å². The number of imidazole rings is 1. The monoisotopic (exact) mass is 473 g/mol. The number of halogens is 3. The molecule has 0 spiro atoms. The van der Waals surface area contributed by atoms with Gasteiger partial charge in [0.15, 0.2) is 0 Å². The lowest BCUT2D eigenvalue weighted by Crippen LogP contribution is -2.29. The Morgan fingerprint density at radius 1 is 1.18 bits per heavy atom. The van der Waals surface area contributed by atoms with Gasteiger partial charge >= 0.3 is 6.36 Å². The molecule has 0 bridgehead atoms. The van der Waals surface area contributed by atoms with E-state index in [1.165, 1.54) is 12.1 Å². The van der Waals surface area contributed by atoms with Crippen LogP contribution in [0.2, 0.25) is 0 Å². The topological polar surface area (TPSA) is 56.1 Å². The molecule has 1 saturated carbocycles. The first kappa shape index (κ1) is 24.1. The highest BCUT2D eigenvalue weighted by Crippen LogP contribution is 2.46. The molecule has 5 nitrogen and oxygen atoms in total. The molecule has 2 unspecified atom stereocenters. The molecule has 0 saturated heterocycles. The predicted octanol–water partition coefficient (Wildman–Crippen LogP) is 7.20. The molecule has 1 aliphatic carbocycles. The van der Waals surface area contributed by atoms with Crippen molar-refractivity contribution in [1.82, 2.24) is 9.55 Å². The van der Waals surface area contributed by atoms with E-state index in [0.29, 0.717) is 24.0 Å². The summed E-state index contributed by atoms with van der Waals surface area (Å²) in [6.07, 6.45) is -1.23. The molecule has 2 atom stereocenters. The number of carbonyl (C=O) groups is 1. The van der Waals surface area contributed by atoms with Crippen molar-refractivity contribution in [3.8, 4) is 5.75 Å². The fourth-order valence-electron chi connectivity index (χ4n) is 5.36. The van der Waals surface area contributed by atoms with Gasteiger partial charge in [-0.15, -0.1) is 13.2 Å².